The summed E-state index contributed by atoms with van der Waals surface area (Å²) in [5.41, 5.74) is 2.45. The number of phenols is 1. The Balaban J connectivity index is 1.76. The van der Waals surface area contributed by atoms with Crippen molar-refractivity contribution >= 4 is 28.3 Å². The topological polar surface area (TPSA) is 49.3 Å². The van der Waals surface area contributed by atoms with Crippen LogP contribution in [0.25, 0.3) is 10.8 Å². The van der Waals surface area contributed by atoms with Crippen molar-refractivity contribution in [2.45, 2.75) is 12.5 Å². The fourth-order valence-electron chi connectivity index (χ4n) is 3.56. The maximum absolute atomic E-state index is 12.9. The largest absolute Gasteiger partial charge is 0.508 e. The maximum Gasteiger partial charge on any atom is 0.225 e. The van der Waals surface area contributed by atoms with Gasteiger partial charge < -0.3 is 10.4 Å². The Labute approximate surface area is 174 Å². The van der Waals surface area contributed by atoms with Crippen LogP contribution in [0.4, 0.5) is 0 Å². The fourth-order valence-corrected chi connectivity index (χ4v) is 3.68. The molecule has 0 saturated carbocycles. The van der Waals surface area contributed by atoms with Crippen molar-refractivity contribution in [3.8, 4) is 5.75 Å². The Bertz CT molecular complexity index is 1140. The van der Waals surface area contributed by atoms with Crippen molar-refractivity contribution in [2.24, 2.45) is 0 Å². The van der Waals surface area contributed by atoms with Gasteiger partial charge in [-0.2, -0.15) is 0 Å². The number of nitrogens with one attached hydrogen (secondary N) is 1. The van der Waals surface area contributed by atoms with Crippen LogP contribution in [0.5, 0.6) is 5.75 Å². The van der Waals surface area contributed by atoms with Crippen LogP contribution in [-0.2, 0) is 11.2 Å². The molecule has 0 aliphatic heterocycles. The Morgan fingerprint density at radius 1 is 0.862 bits per heavy atom. The van der Waals surface area contributed by atoms with Gasteiger partial charge in [-0.3, -0.25) is 4.79 Å². The lowest BCUT2D eigenvalue weighted by Crippen LogP contribution is -2.30. The molecular formula is C25H20ClNO2. The van der Waals surface area contributed by atoms with Gasteiger partial charge in [0, 0.05) is 10.6 Å². The van der Waals surface area contributed by atoms with Crippen molar-refractivity contribution < 1.29 is 9.90 Å². The second-order valence-electron chi connectivity index (χ2n) is 6.93. The highest BCUT2D eigenvalue weighted by Gasteiger charge is 2.22. The lowest BCUT2D eigenvalue weighted by atomic mass is 9.92. The average molecular weight is 402 g/mol. The smallest absolute Gasteiger partial charge is 0.225 e. The van der Waals surface area contributed by atoms with E-state index in [1.54, 1.807) is 18.2 Å². The van der Waals surface area contributed by atoms with Gasteiger partial charge in [0.25, 0.3) is 0 Å². The number of hydrogen-bond acceptors (Lipinski definition) is 2. The zero-order valence-corrected chi connectivity index (χ0v) is 16.4. The van der Waals surface area contributed by atoms with Gasteiger partial charge in [-0.15, -0.1) is 0 Å². The van der Waals surface area contributed by atoms with Gasteiger partial charge in [0.15, 0.2) is 0 Å². The molecule has 0 unspecified atom stereocenters. The summed E-state index contributed by atoms with van der Waals surface area (Å²) in [4.78, 5) is 12.9. The molecule has 0 saturated heterocycles. The molecule has 0 bridgehead atoms. The number of aromatic hydroxyl groups is 1. The number of fused-ring (bicyclic) bond motifs is 1. The molecule has 4 heteroatoms. The predicted octanol–water partition coefficient (Wildman–Crippen LogP) is 5.65. The molecule has 144 valence electrons. The van der Waals surface area contributed by atoms with E-state index in [9.17, 15) is 9.90 Å². The molecule has 0 radical (unpaired) electrons. The van der Waals surface area contributed by atoms with Gasteiger partial charge in [0.2, 0.25) is 5.91 Å². The van der Waals surface area contributed by atoms with Gasteiger partial charge in [-0.05, 0) is 40.1 Å². The summed E-state index contributed by atoms with van der Waals surface area (Å²) in [7, 11) is 0. The second kappa shape index (κ2) is 8.38. The van der Waals surface area contributed by atoms with Gasteiger partial charge in [-0.1, -0.05) is 84.4 Å². The van der Waals surface area contributed by atoms with Crippen LogP contribution >= 0.6 is 11.6 Å². The average Bonchev–Trinajstić information content (AvgIpc) is 2.74. The molecule has 1 atom stereocenters. The molecule has 3 nitrogen and oxygen atoms in total. The van der Waals surface area contributed by atoms with Crippen molar-refractivity contribution in [1.29, 1.82) is 0 Å². The standard InChI is InChI=1S/C25H20ClNO2/c26-20-13-10-19(11-14-20)25(27-23(29)16-17-6-2-1-3-7-17)24-21-9-5-4-8-18(21)12-15-22(24)28/h1-15,25,28H,16H2,(H,27,29)/t25-/m1/s1. The minimum absolute atomic E-state index is 0.122. The molecule has 4 rings (SSSR count). The van der Waals surface area contributed by atoms with Crippen molar-refractivity contribution in [3.05, 3.63) is 113 Å². The minimum Gasteiger partial charge on any atom is -0.508 e. The predicted molar refractivity (Wildman–Crippen MR) is 117 cm³/mol. The molecule has 0 spiro atoms. The van der Waals surface area contributed by atoms with E-state index < -0.39 is 6.04 Å². The van der Waals surface area contributed by atoms with E-state index in [0.29, 0.717) is 10.6 Å². The fraction of sp³-hybridized carbons (Fsp3) is 0.0800. The molecule has 4 aromatic rings. The maximum atomic E-state index is 12.9. The Kier molecular flexibility index (Phi) is 5.50. The zero-order valence-electron chi connectivity index (χ0n) is 15.7. The second-order valence-corrected chi connectivity index (χ2v) is 7.37. The number of hydrogen-bond donors (Lipinski definition) is 2. The van der Waals surface area contributed by atoms with Gasteiger partial charge >= 0.3 is 0 Å². The van der Waals surface area contributed by atoms with Crippen LogP contribution in [0.2, 0.25) is 5.02 Å². The van der Waals surface area contributed by atoms with Crippen molar-refractivity contribution in [3.63, 3.8) is 0 Å². The molecule has 2 N–H and O–H groups in total. The Hall–Kier alpha value is -3.30. The first kappa shape index (κ1) is 19.0. The highest BCUT2D eigenvalue weighted by Crippen LogP contribution is 2.36. The Morgan fingerprint density at radius 2 is 1.55 bits per heavy atom. The van der Waals surface area contributed by atoms with Crippen LogP contribution in [0, 0.1) is 0 Å². The molecule has 29 heavy (non-hydrogen) atoms. The summed E-state index contributed by atoms with van der Waals surface area (Å²) in [5, 5.41) is 16.3. The SMILES string of the molecule is O=C(Cc1ccccc1)N[C@H](c1ccc(Cl)cc1)c1c(O)ccc2ccccc12. The number of carbonyl (C=O) groups excluding carboxylic acids is 1. The molecule has 0 aliphatic carbocycles. The molecule has 0 aliphatic rings. The van der Waals surface area contributed by atoms with Crippen molar-refractivity contribution in [2.75, 3.05) is 0 Å². The third-order valence-corrected chi connectivity index (χ3v) is 5.20. The number of benzene rings is 4. The van der Waals surface area contributed by atoms with E-state index in [0.717, 1.165) is 21.9 Å². The minimum atomic E-state index is -0.505. The Morgan fingerprint density at radius 3 is 2.31 bits per heavy atom. The zero-order chi connectivity index (χ0) is 20.2. The highest BCUT2D eigenvalue weighted by atomic mass is 35.5. The molecular weight excluding hydrogens is 382 g/mol. The van der Waals surface area contributed by atoms with Crippen LogP contribution in [0.3, 0.4) is 0 Å². The lowest BCUT2D eigenvalue weighted by Gasteiger charge is -2.23. The molecule has 0 heterocycles. The number of amides is 1. The molecule has 0 aromatic heterocycles. The van der Waals surface area contributed by atoms with E-state index in [4.69, 9.17) is 11.6 Å². The summed E-state index contributed by atoms with van der Waals surface area (Å²) >= 11 is 6.07. The van der Waals surface area contributed by atoms with Crippen LogP contribution < -0.4 is 5.32 Å². The normalized spacial score (nSPS) is 11.9. The monoisotopic (exact) mass is 401 g/mol. The first-order chi connectivity index (χ1) is 14.1. The highest BCUT2D eigenvalue weighted by molar-refractivity contribution is 6.30. The van der Waals surface area contributed by atoms with Gasteiger partial charge in [0.05, 0.1) is 12.5 Å². The van der Waals surface area contributed by atoms with E-state index >= 15 is 0 Å². The third kappa shape index (κ3) is 4.25. The number of phenolic OH excluding ortho intramolecular Hbond substituents is 1. The number of rotatable bonds is 5. The molecule has 4 aromatic carbocycles. The summed E-state index contributed by atoms with van der Waals surface area (Å²) in [6.07, 6.45) is 0.260. The van der Waals surface area contributed by atoms with Crippen LogP contribution in [0.1, 0.15) is 22.7 Å². The third-order valence-electron chi connectivity index (χ3n) is 4.95. The quantitative estimate of drug-likeness (QED) is 0.454. The van der Waals surface area contributed by atoms with E-state index in [1.165, 1.54) is 0 Å². The summed E-state index contributed by atoms with van der Waals surface area (Å²) in [6.45, 7) is 0. The van der Waals surface area contributed by atoms with E-state index in [2.05, 4.69) is 5.32 Å². The lowest BCUT2D eigenvalue weighted by molar-refractivity contribution is -0.120. The van der Waals surface area contributed by atoms with Crippen molar-refractivity contribution in [1.82, 2.24) is 5.32 Å². The number of halogens is 1. The summed E-state index contributed by atoms with van der Waals surface area (Å²) in [5.74, 6) is 0.0205. The van der Waals surface area contributed by atoms with Gasteiger partial charge in [0.1, 0.15) is 5.75 Å². The van der Waals surface area contributed by atoms with E-state index in [1.807, 2.05) is 72.8 Å². The summed E-state index contributed by atoms with van der Waals surface area (Å²) < 4.78 is 0. The number of carbonyl (C=O) groups is 1. The molecule has 0 fully saturated rings. The summed E-state index contributed by atoms with van der Waals surface area (Å²) in [6, 6.07) is 27.8. The first-order valence-electron chi connectivity index (χ1n) is 9.41. The van der Waals surface area contributed by atoms with Gasteiger partial charge in [-0.25, -0.2) is 0 Å². The van der Waals surface area contributed by atoms with Crippen LogP contribution in [-0.4, -0.2) is 11.0 Å². The first-order valence-corrected chi connectivity index (χ1v) is 9.79. The molecule has 1 amide bonds. The van der Waals surface area contributed by atoms with E-state index in [-0.39, 0.29) is 18.1 Å². The van der Waals surface area contributed by atoms with Crippen LogP contribution in [0.15, 0.2) is 91.0 Å².